The summed E-state index contributed by atoms with van der Waals surface area (Å²) in [6.07, 6.45) is 0. The van der Waals surface area contributed by atoms with Gasteiger partial charge in [0.25, 0.3) is 5.56 Å². The fourth-order valence-electron chi connectivity index (χ4n) is 3.17. The summed E-state index contributed by atoms with van der Waals surface area (Å²) in [7, 11) is 2.90. The maximum Gasteiger partial charge on any atom is 0.316 e. The molecule has 0 spiro atoms. The summed E-state index contributed by atoms with van der Waals surface area (Å²) >= 11 is 1.15. The lowest BCUT2D eigenvalue weighted by Gasteiger charge is -2.28. The van der Waals surface area contributed by atoms with Crippen LogP contribution in [0.1, 0.15) is 6.92 Å². The molecule has 2 aromatic heterocycles. The average Bonchev–Trinajstić information content (AvgIpc) is 3.14. The molecule has 2 aromatic rings. The Bertz CT molecular complexity index is 1020. The van der Waals surface area contributed by atoms with E-state index in [4.69, 9.17) is 9.47 Å². The van der Waals surface area contributed by atoms with E-state index >= 15 is 0 Å². The lowest BCUT2D eigenvalue weighted by molar-refractivity contribution is -0.137. The number of aromatic nitrogens is 4. The number of nitrogens with zero attached hydrogens (tertiary/aromatic N) is 5. The van der Waals surface area contributed by atoms with Crippen LogP contribution < -0.4 is 15.8 Å². The van der Waals surface area contributed by atoms with E-state index in [0.717, 1.165) is 37.9 Å². The third kappa shape index (κ3) is 4.77. The van der Waals surface area contributed by atoms with E-state index in [9.17, 15) is 9.59 Å². The molecule has 11 heteroatoms. The van der Waals surface area contributed by atoms with Gasteiger partial charge >= 0.3 is 5.97 Å². The molecule has 3 rings (SSSR count). The van der Waals surface area contributed by atoms with Gasteiger partial charge in [0.2, 0.25) is 5.95 Å². The minimum absolute atomic E-state index is 0.0497. The van der Waals surface area contributed by atoms with Gasteiger partial charge in [0.1, 0.15) is 0 Å². The Morgan fingerprint density at radius 3 is 2.67 bits per heavy atom. The number of imidazole rings is 1. The highest BCUT2D eigenvalue weighted by atomic mass is 32.2. The van der Waals surface area contributed by atoms with Crippen molar-refractivity contribution in [1.82, 2.24) is 24.4 Å². The van der Waals surface area contributed by atoms with Crippen LogP contribution in [0.3, 0.4) is 0 Å². The van der Waals surface area contributed by atoms with Crippen LogP contribution in [-0.2, 0) is 27.4 Å². The van der Waals surface area contributed by atoms with Gasteiger partial charge in [0.15, 0.2) is 16.3 Å². The van der Waals surface area contributed by atoms with Crippen molar-refractivity contribution in [3.05, 3.63) is 10.4 Å². The van der Waals surface area contributed by atoms with Gasteiger partial charge < -0.3 is 19.7 Å². The summed E-state index contributed by atoms with van der Waals surface area (Å²) in [6.45, 7) is 6.02. The molecule has 1 N–H and O–H groups in total. The highest BCUT2D eigenvalue weighted by molar-refractivity contribution is 7.99. The number of nitrogens with one attached hydrogen (secondary N) is 1. The van der Waals surface area contributed by atoms with Gasteiger partial charge in [-0.05, 0) is 6.92 Å². The van der Waals surface area contributed by atoms with Crippen molar-refractivity contribution in [2.45, 2.75) is 25.2 Å². The van der Waals surface area contributed by atoms with Gasteiger partial charge in [0.05, 0.1) is 32.6 Å². The summed E-state index contributed by atoms with van der Waals surface area (Å²) in [5.41, 5.74) is 0.536. The zero-order chi connectivity index (χ0) is 21.5. The van der Waals surface area contributed by atoms with Crippen molar-refractivity contribution in [1.29, 1.82) is 0 Å². The molecule has 0 bridgehead atoms. The highest BCUT2D eigenvalue weighted by Crippen LogP contribution is 2.23. The van der Waals surface area contributed by atoms with Crippen LogP contribution in [0.5, 0.6) is 0 Å². The molecule has 3 heterocycles. The van der Waals surface area contributed by atoms with Crippen LogP contribution in [0.4, 0.5) is 5.95 Å². The van der Waals surface area contributed by atoms with Crippen LogP contribution >= 0.6 is 11.8 Å². The van der Waals surface area contributed by atoms with E-state index < -0.39 is 5.97 Å². The number of hydrogen-bond donors (Lipinski definition) is 1. The lowest BCUT2D eigenvalue weighted by atomic mass is 10.4. The SMILES string of the molecule is CC#CCn1c(N2CCNCC2)nc2nc(SCC(=O)OC)n(CCOC)c(=O)c21. The van der Waals surface area contributed by atoms with E-state index in [2.05, 4.69) is 32.0 Å². The molecule has 0 radical (unpaired) electrons. The van der Waals surface area contributed by atoms with E-state index in [1.54, 1.807) is 14.0 Å². The molecule has 0 unspecified atom stereocenters. The van der Waals surface area contributed by atoms with Crippen molar-refractivity contribution < 1.29 is 14.3 Å². The second kappa shape index (κ2) is 10.5. The van der Waals surface area contributed by atoms with Crippen LogP contribution in [0, 0.1) is 11.8 Å². The van der Waals surface area contributed by atoms with E-state index in [0.29, 0.717) is 42.0 Å². The van der Waals surface area contributed by atoms with Crippen molar-refractivity contribution in [3.8, 4) is 11.8 Å². The number of anilines is 1. The molecule has 0 amide bonds. The van der Waals surface area contributed by atoms with Gasteiger partial charge in [-0.15, -0.1) is 5.92 Å². The molecule has 0 saturated carbocycles. The first kappa shape index (κ1) is 22.1. The smallest absolute Gasteiger partial charge is 0.316 e. The second-order valence-electron chi connectivity index (χ2n) is 6.54. The third-order valence-electron chi connectivity index (χ3n) is 4.69. The highest BCUT2D eigenvalue weighted by Gasteiger charge is 2.24. The Morgan fingerprint density at radius 1 is 1.23 bits per heavy atom. The Hall–Kier alpha value is -2.55. The fourth-order valence-corrected chi connectivity index (χ4v) is 4.02. The fraction of sp³-hybridized carbons (Fsp3) is 0.579. The molecule has 0 aliphatic carbocycles. The minimum atomic E-state index is -0.391. The Balaban J connectivity index is 2.14. The van der Waals surface area contributed by atoms with Gasteiger partial charge in [-0.3, -0.25) is 18.7 Å². The molecule has 1 aliphatic rings. The van der Waals surface area contributed by atoms with Crippen molar-refractivity contribution in [2.24, 2.45) is 0 Å². The monoisotopic (exact) mass is 434 g/mol. The molecule has 1 saturated heterocycles. The van der Waals surface area contributed by atoms with Crippen molar-refractivity contribution in [3.63, 3.8) is 0 Å². The summed E-state index contributed by atoms with van der Waals surface area (Å²) in [6, 6.07) is 0. The average molecular weight is 435 g/mol. The quantitative estimate of drug-likeness (QED) is 0.265. The number of rotatable bonds is 8. The molecule has 10 nitrogen and oxygen atoms in total. The third-order valence-corrected chi connectivity index (χ3v) is 5.64. The predicted octanol–water partition coefficient (Wildman–Crippen LogP) is -0.0626. The Kier molecular flexibility index (Phi) is 7.73. The predicted molar refractivity (Wildman–Crippen MR) is 115 cm³/mol. The largest absolute Gasteiger partial charge is 0.468 e. The van der Waals surface area contributed by atoms with Gasteiger partial charge in [0, 0.05) is 33.3 Å². The molecule has 162 valence electrons. The van der Waals surface area contributed by atoms with E-state index in [1.807, 2.05) is 4.57 Å². The number of piperazine rings is 1. The zero-order valence-electron chi connectivity index (χ0n) is 17.4. The second-order valence-corrected chi connectivity index (χ2v) is 7.49. The van der Waals surface area contributed by atoms with E-state index in [1.165, 1.54) is 11.7 Å². The van der Waals surface area contributed by atoms with Crippen molar-refractivity contribution in [2.75, 3.05) is 57.7 Å². The van der Waals surface area contributed by atoms with Gasteiger partial charge in [-0.2, -0.15) is 4.98 Å². The topological polar surface area (TPSA) is 104 Å². The number of esters is 1. The van der Waals surface area contributed by atoms with E-state index in [-0.39, 0.29) is 11.3 Å². The molecule has 1 fully saturated rings. The Labute approximate surface area is 178 Å². The summed E-state index contributed by atoms with van der Waals surface area (Å²) < 4.78 is 13.2. The Morgan fingerprint density at radius 2 is 2.00 bits per heavy atom. The number of hydrogen-bond acceptors (Lipinski definition) is 9. The standard InChI is InChI=1S/C19H26N6O4S/c1-4-5-8-24-15-16(21-18(24)23-9-6-20-7-10-23)22-19(30-13-14(26)29-3)25(17(15)27)11-12-28-2/h20H,6-13H2,1-3H3. The van der Waals surface area contributed by atoms with Crippen LogP contribution in [0.25, 0.3) is 11.2 Å². The first-order valence-corrected chi connectivity index (χ1v) is 10.6. The molecule has 30 heavy (non-hydrogen) atoms. The first-order valence-electron chi connectivity index (χ1n) is 9.65. The summed E-state index contributed by atoms with van der Waals surface area (Å²) in [4.78, 5) is 36.5. The van der Waals surface area contributed by atoms with Gasteiger partial charge in [-0.25, -0.2) is 4.98 Å². The maximum atomic E-state index is 13.4. The normalized spacial score (nSPS) is 13.9. The first-order chi connectivity index (χ1) is 14.6. The molecular weight excluding hydrogens is 408 g/mol. The number of ether oxygens (including phenoxy) is 2. The molecular formula is C19H26N6O4S. The molecule has 1 aliphatic heterocycles. The summed E-state index contributed by atoms with van der Waals surface area (Å²) in [5, 5.41) is 3.73. The number of methoxy groups -OCH3 is 2. The van der Waals surface area contributed by atoms with Crippen LogP contribution in [0.15, 0.2) is 9.95 Å². The molecule has 0 aromatic carbocycles. The summed E-state index contributed by atoms with van der Waals surface area (Å²) in [5.74, 6) is 6.27. The van der Waals surface area contributed by atoms with Crippen LogP contribution in [0.2, 0.25) is 0 Å². The maximum absolute atomic E-state index is 13.4. The number of thioether (sulfide) groups is 1. The van der Waals surface area contributed by atoms with Crippen LogP contribution in [-0.4, -0.2) is 77.8 Å². The number of carbonyl (C=O) groups is 1. The van der Waals surface area contributed by atoms with Crippen molar-refractivity contribution >= 4 is 34.8 Å². The number of fused-ring (bicyclic) bond motifs is 1. The number of carbonyl (C=O) groups excluding carboxylic acids is 1. The minimum Gasteiger partial charge on any atom is -0.468 e. The zero-order valence-corrected chi connectivity index (χ0v) is 18.3. The molecule has 0 atom stereocenters. The lowest BCUT2D eigenvalue weighted by Crippen LogP contribution is -2.44. The van der Waals surface area contributed by atoms with Gasteiger partial charge in [-0.1, -0.05) is 17.7 Å².